The van der Waals surface area contributed by atoms with Crippen LogP contribution in [0.3, 0.4) is 0 Å². The molecule has 0 saturated heterocycles. The molecule has 0 fully saturated rings. The number of nitrogens with one attached hydrogen (secondary N) is 1. The number of ether oxygens (including phenoxy) is 3. The molecular formula is C22H29NO4. The van der Waals surface area contributed by atoms with E-state index in [1.165, 1.54) is 0 Å². The molecule has 0 saturated carbocycles. The van der Waals surface area contributed by atoms with Gasteiger partial charge in [-0.25, -0.2) is 0 Å². The molecule has 2 aromatic rings. The monoisotopic (exact) mass is 371 g/mol. The number of methoxy groups -OCH3 is 1. The topological polar surface area (TPSA) is 56.8 Å². The summed E-state index contributed by atoms with van der Waals surface area (Å²) in [5.74, 6) is 2.36. The van der Waals surface area contributed by atoms with Crippen molar-refractivity contribution in [3.05, 3.63) is 53.6 Å². The van der Waals surface area contributed by atoms with E-state index < -0.39 is 6.10 Å². The van der Waals surface area contributed by atoms with Crippen LogP contribution in [0.2, 0.25) is 0 Å². The van der Waals surface area contributed by atoms with Crippen molar-refractivity contribution >= 4 is 5.91 Å². The van der Waals surface area contributed by atoms with Crippen molar-refractivity contribution in [1.82, 2.24) is 5.32 Å². The lowest BCUT2D eigenvalue weighted by Crippen LogP contribution is -2.38. The van der Waals surface area contributed by atoms with Gasteiger partial charge >= 0.3 is 0 Å². The molecule has 1 amide bonds. The molecule has 0 spiro atoms. The van der Waals surface area contributed by atoms with Crippen LogP contribution in [-0.4, -0.2) is 32.3 Å². The lowest BCUT2D eigenvalue weighted by atomic mass is 10.0. The highest BCUT2D eigenvalue weighted by molar-refractivity contribution is 5.80. The number of carbonyl (C=O) groups excluding carboxylic acids is 1. The minimum absolute atomic E-state index is 0.166. The predicted octanol–water partition coefficient (Wildman–Crippen LogP) is 4.09. The largest absolute Gasteiger partial charge is 0.497 e. The molecule has 0 aromatic heterocycles. The quantitative estimate of drug-likeness (QED) is 0.675. The average Bonchev–Trinajstić information content (AvgIpc) is 2.65. The van der Waals surface area contributed by atoms with Crippen LogP contribution in [-0.2, 0) is 4.79 Å². The molecular weight excluding hydrogens is 342 g/mol. The first kappa shape index (κ1) is 20.6. The number of aryl methyl sites for hydroxylation is 1. The van der Waals surface area contributed by atoms with Gasteiger partial charge in [-0.1, -0.05) is 32.0 Å². The summed E-state index contributed by atoms with van der Waals surface area (Å²) < 4.78 is 16.7. The molecule has 5 heteroatoms. The highest BCUT2D eigenvalue weighted by atomic mass is 16.5. The van der Waals surface area contributed by atoms with E-state index in [4.69, 9.17) is 14.2 Å². The van der Waals surface area contributed by atoms with Gasteiger partial charge in [0.2, 0.25) is 0 Å². The zero-order valence-electron chi connectivity index (χ0n) is 16.7. The van der Waals surface area contributed by atoms with Gasteiger partial charge in [0.15, 0.2) is 6.10 Å². The first-order valence-corrected chi connectivity index (χ1v) is 9.22. The first-order valence-electron chi connectivity index (χ1n) is 9.22. The van der Waals surface area contributed by atoms with Crippen molar-refractivity contribution in [3.63, 3.8) is 0 Å². The molecule has 2 aromatic carbocycles. The van der Waals surface area contributed by atoms with Gasteiger partial charge in [0.25, 0.3) is 5.91 Å². The Kier molecular flexibility index (Phi) is 7.53. The number of hydrogen-bond acceptors (Lipinski definition) is 4. The Balaban J connectivity index is 1.83. The molecule has 0 bridgehead atoms. The van der Waals surface area contributed by atoms with Crippen LogP contribution >= 0.6 is 0 Å². The van der Waals surface area contributed by atoms with E-state index >= 15 is 0 Å². The third kappa shape index (κ3) is 6.20. The molecule has 0 aliphatic heterocycles. The van der Waals surface area contributed by atoms with Crippen molar-refractivity contribution in [2.45, 2.75) is 39.7 Å². The Morgan fingerprint density at radius 1 is 1.07 bits per heavy atom. The molecule has 0 aliphatic rings. The molecule has 0 aliphatic carbocycles. The summed E-state index contributed by atoms with van der Waals surface area (Å²) >= 11 is 0. The van der Waals surface area contributed by atoms with Gasteiger partial charge in [-0.05, 0) is 49.1 Å². The first-order chi connectivity index (χ1) is 12.9. The Labute approximate surface area is 161 Å². The third-order valence-corrected chi connectivity index (χ3v) is 4.18. The minimum atomic E-state index is -0.582. The van der Waals surface area contributed by atoms with Gasteiger partial charge in [0, 0.05) is 6.07 Å². The molecule has 1 atom stereocenters. The summed E-state index contributed by atoms with van der Waals surface area (Å²) in [7, 11) is 1.61. The Morgan fingerprint density at radius 3 is 2.52 bits per heavy atom. The summed E-state index contributed by atoms with van der Waals surface area (Å²) in [6, 6.07) is 13.5. The van der Waals surface area contributed by atoms with Gasteiger partial charge in [0.1, 0.15) is 23.9 Å². The van der Waals surface area contributed by atoms with E-state index in [9.17, 15) is 4.79 Å². The van der Waals surface area contributed by atoms with E-state index in [2.05, 4.69) is 31.3 Å². The maximum Gasteiger partial charge on any atom is 0.260 e. The van der Waals surface area contributed by atoms with Gasteiger partial charge in [-0.15, -0.1) is 0 Å². The van der Waals surface area contributed by atoms with Crippen molar-refractivity contribution in [2.75, 3.05) is 20.3 Å². The second kappa shape index (κ2) is 9.86. The van der Waals surface area contributed by atoms with E-state index in [1.54, 1.807) is 20.1 Å². The predicted molar refractivity (Wildman–Crippen MR) is 107 cm³/mol. The maximum atomic E-state index is 12.3. The summed E-state index contributed by atoms with van der Waals surface area (Å²) in [6.45, 7) is 8.75. The van der Waals surface area contributed by atoms with Crippen LogP contribution in [0, 0.1) is 6.92 Å². The fourth-order valence-corrected chi connectivity index (χ4v) is 2.64. The maximum absolute atomic E-state index is 12.3. The molecule has 27 heavy (non-hydrogen) atoms. The number of benzene rings is 2. The SMILES string of the molecule is COc1cccc(OCCNC(=O)C(C)Oc2cc(C)ccc2C(C)C)c1. The van der Waals surface area contributed by atoms with Gasteiger partial charge in [0.05, 0.1) is 13.7 Å². The number of hydrogen-bond donors (Lipinski definition) is 1. The Bertz CT molecular complexity index is 758. The third-order valence-electron chi connectivity index (χ3n) is 4.18. The Morgan fingerprint density at radius 2 is 1.81 bits per heavy atom. The fraction of sp³-hybridized carbons (Fsp3) is 0.409. The number of amides is 1. The molecule has 146 valence electrons. The Hall–Kier alpha value is -2.69. The lowest BCUT2D eigenvalue weighted by Gasteiger charge is -2.19. The zero-order chi connectivity index (χ0) is 19.8. The van der Waals surface area contributed by atoms with Crippen LogP contribution in [0.1, 0.15) is 37.8 Å². The summed E-state index contributed by atoms with van der Waals surface area (Å²) in [5, 5.41) is 2.84. The van der Waals surface area contributed by atoms with Crippen LogP contribution < -0.4 is 19.5 Å². The second-order valence-corrected chi connectivity index (χ2v) is 6.77. The van der Waals surface area contributed by atoms with E-state index in [1.807, 2.05) is 31.2 Å². The zero-order valence-corrected chi connectivity index (χ0v) is 16.7. The summed E-state index contributed by atoms with van der Waals surface area (Å²) in [5.41, 5.74) is 2.20. The van der Waals surface area contributed by atoms with Crippen molar-refractivity contribution in [3.8, 4) is 17.2 Å². The molecule has 1 N–H and O–H groups in total. The minimum Gasteiger partial charge on any atom is -0.497 e. The molecule has 0 heterocycles. The second-order valence-electron chi connectivity index (χ2n) is 6.77. The van der Waals surface area contributed by atoms with Crippen molar-refractivity contribution in [2.24, 2.45) is 0 Å². The van der Waals surface area contributed by atoms with Crippen LogP contribution in [0.15, 0.2) is 42.5 Å². The van der Waals surface area contributed by atoms with Crippen LogP contribution in [0.4, 0.5) is 0 Å². The number of rotatable bonds is 9. The summed E-state index contributed by atoms with van der Waals surface area (Å²) in [6.07, 6.45) is -0.582. The standard InChI is InChI=1S/C22H29NO4/c1-15(2)20-10-9-16(3)13-21(20)27-17(4)22(24)23-11-12-26-19-8-6-7-18(14-19)25-5/h6-10,13-15,17H,11-12H2,1-5H3,(H,23,24). The normalized spacial score (nSPS) is 11.8. The molecule has 2 rings (SSSR count). The van der Waals surface area contributed by atoms with Gasteiger partial charge < -0.3 is 19.5 Å². The molecule has 0 radical (unpaired) electrons. The fourth-order valence-electron chi connectivity index (χ4n) is 2.64. The van der Waals surface area contributed by atoms with E-state index in [0.29, 0.717) is 24.8 Å². The van der Waals surface area contributed by atoms with Gasteiger partial charge in [-0.3, -0.25) is 4.79 Å². The van der Waals surface area contributed by atoms with E-state index in [-0.39, 0.29) is 5.91 Å². The smallest absolute Gasteiger partial charge is 0.260 e. The van der Waals surface area contributed by atoms with Crippen LogP contribution in [0.5, 0.6) is 17.2 Å². The van der Waals surface area contributed by atoms with Gasteiger partial charge in [-0.2, -0.15) is 0 Å². The van der Waals surface area contributed by atoms with E-state index in [0.717, 1.165) is 22.6 Å². The highest BCUT2D eigenvalue weighted by Gasteiger charge is 2.17. The highest BCUT2D eigenvalue weighted by Crippen LogP contribution is 2.28. The molecule has 5 nitrogen and oxygen atoms in total. The van der Waals surface area contributed by atoms with Crippen molar-refractivity contribution in [1.29, 1.82) is 0 Å². The lowest BCUT2D eigenvalue weighted by molar-refractivity contribution is -0.127. The van der Waals surface area contributed by atoms with Crippen molar-refractivity contribution < 1.29 is 19.0 Å². The summed E-state index contributed by atoms with van der Waals surface area (Å²) in [4.78, 5) is 12.3. The van der Waals surface area contributed by atoms with Crippen LogP contribution in [0.25, 0.3) is 0 Å². The molecule has 1 unspecified atom stereocenters. The average molecular weight is 371 g/mol. The number of carbonyl (C=O) groups is 1.